The van der Waals surface area contributed by atoms with Crippen LogP contribution in [0.4, 0.5) is 4.79 Å². The van der Waals surface area contributed by atoms with Crippen LogP contribution in [-0.2, 0) is 9.53 Å². The molecule has 112 valence electrons. The third-order valence-corrected chi connectivity index (χ3v) is 2.78. The van der Waals surface area contributed by atoms with Crippen molar-refractivity contribution in [3.63, 3.8) is 0 Å². The number of carbonyl (C=O) groups excluding carboxylic acids is 2. The van der Waals surface area contributed by atoms with Crippen molar-refractivity contribution in [3.8, 4) is 0 Å². The summed E-state index contributed by atoms with van der Waals surface area (Å²) in [5, 5.41) is 2.29. The third-order valence-electron chi connectivity index (χ3n) is 2.48. The fraction of sp³-hybridized carbons (Fsp3) is 0.857. The molecule has 0 aromatic heterocycles. The normalized spacial score (nSPS) is 14.9. The van der Waals surface area contributed by atoms with E-state index in [0.717, 1.165) is 0 Å². The molecule has 1 fully saturated rings. The number of alkyl halides is 1. The number of rotatable bonds is 3. The maximum absolute atomic E-state index is 11.0. The average molecular weight is 292 g/mol. The Labute approximate surface area is 121 Å². The fourth-order valence-corrected chi connectivity index (χ4v) is 1.69. The van der Waals surface area contributed by atoms with Crippen LogP contribution in [0.2, 0.25) is 0 Å². The maximum atomic E-state index is 11.0. The highest BCUT2D eigenvalue weighted by Crippen LogP contribution is 2.15. The molecule has 19 heavy (non-hydrogen) atoms. The summed E-state index contributed by atoms with van der Waals surface area (Å²) < 4.78 is 4.89. The second kappa shape index (κ2) is 10.1. The van der Waals surface area contributed by atoms with Gasteiger partial charge in [-0.15, -0.1) is 11.6 Å². The first-order valence-corrected chi connectivity index (χ1v) is 7.43. The largest absolute Gasteiger partial charge is 0.444 e. The van der Waals surface area contributed by atoms with Gasteiger partial charge in [0.2, 0.25) is 0 Å². The molecule has 0 atom stereocenters. The van der Waals surface area contributed by atoms with Crippen molar-refractivity contribution >= 4 is 23.5 Å². The fourth-order valence-electron chi connectivity index (χ4n) is 1.59. The van der Waals surface area contributed by atoms with E-state index in [9.17, 15) is 9.59 Å². The Morgan fingerprint density at radius 1 is 1.05 bits per heavy atom. The van der Waals surface area contributed by atoms with E-state index in [4.69, 9.17) is 16.3 Å². The lowest BCUT2D eigenvalue weighted by Crippen LogP contribution is -2.35. The second-order valence-corrected chi connectivity index (χ2v) is 5.92. The molecule has 0 bridgehead atoms. The number of carbonyl (C=O) groups is 2. The number of halogens is 1. The topological polar surface area (TPSA) is 55.4 Å². The van der Waals surface area contributed by atoms with Gasteiger partial charge in [0.05, 0.1) is 12.4 Å². The molecule has 1 saturated carbocycles. The van der Waals surface area contributed by atoms with Gasteiger partial charge >= 0.3 is 6.09 Å². The van der Waals surface area contributed by atoms with Crippen molar-refractivity contribution in [3.05, 3.63) is 0 Å². The molecule has 0 aliphatic heterocycles. The lowest BCUT2D eigenvalue weighted by atomic mass is 10.0. The Morgan fingerprint density at radius 2 is 1.47 bits per heavy atom. The van der Waals surface area contributed by atoms with Gasteiger partial charge in [-0.2, -0.15) is 0 Å². The Kier molecular flexibility index (Phi) is 9.66. The highest BCUT2D eigenvalue weighted by molar-refractivity contribution is 6.28. The van der Waals surface area contributed by atoms with Crippen LogP contribution < -0.4 is 5.32 Å². The van der Waals surface area contributed by atoms with Gasteiger partial charge in [-0.05, 0) is 20.8 Å². The number of hydrogen-bond donors (Lipinski definition) is 1. The van der Waals surface area contributed by atoms with E-state index in [1.54, 1.807) is 20.8 Å². The third kappa shape index (κ3) is 13.5. The molecule has 1 N–H and O–H groups in total. The average Bonchev–Trinajstić information content (AvgIpc) is 2.37. The van der Waals surface area contributed by atoms with E-state index >= 15 is 0 Å². The van der Waals surface area contributed by atoms with Gasteiger partial charge < -0.3 is 10.1 Å². The zero-order valence-electron chi connectivity index (χ0n) is 12.3. The molecule has 1 amide bonds. The van der Waals surface area contributed by atoms with E-state index in [-0.39, 0.29) is 18.2 Å². The van der Waals surface area contributed by atoms with Gasteiger partial charge in [-0.25, -0.2) is 4.79 Å². The Bertz CT molecular complexity index is 259. The minimum absolute atomic E-state index is 0.0849. The van der Waals surface area contributed by atoms with Gasteiger partial charge in [0.1, 0.15) is 5.60 Å². The quantitative estimate of drug-likeness (QED) is 0.807. The molecule has 0 aromatic carbocycles. The summed E-state index contributed by atoms with van der Waals surface area (Å²) >= 11 is 5.23. The summed E-state index contributed by atoms with van der Waals surface area (Å²) in [5.74, 6) is -0.344. The standard InChI is InChI=1S/C8H14ClNO3.C6H12/c1-8(2,3)13-7(12)10-5-6(11)4-9;1-2-4-6-5-3-1/h4-5H2,1-3H3,(H,10,12);1-6H2. The summed E-state index contributed by atoms with van der Waals surface area (Å²) in [7, 11) is 0. The van der Waals surface area contributed by atoms with E-state index < -0.39 is 11.7 Å². The number of alkyl carbamates (subject to hydrolysis) is 1. The monoisotopic (exact) mass is 291 g/mol. The summed E-state index contributed by atoms with van der Waals surface area (Å²) in [6.45, 7) is 5.15. The SMILES string of the molecule is C1CCCCC1.CC(C)(C)OC(=O)NCC(=O)CCl. The Morgan fingerprint density at radius 3 is 1.79 bits per heavy atom. The molecule has 1 aliphatic rings. The van der Waals surface area contributed by atoms with Crippen LogP contribution in [0, 0.1) is 0 Å². The molecule has 1 aliphatic carbocycles. The zero-order chi connectivity index (χ0) is 14.7. The number of ether oxygens (including phenoxy) is 1. The summed E-state index contributed by atoms with van der Waals surface area (Å²) in [4.78, 5) is 21.6. The first-order chi connectivity index (χ1) is 8.85. The molecule has 0 unspecified atom stereocenters. The van der Waals surface area contributed by atoms with Crippen LogP contribution in [-0.4, -0.2) is 29.9 Å². The smallest absolute Gasteiger partial charge is 0.408 e. The minimum Gasteiger partial charge on any atom is -0.444 e. The zero-order valence-corrected chi connectivity index (χ0v) is 13.0. The van der Waals surface area contributed by atoms with Crippen LogP contribution in [0.15, 0.2) is 0 Å². The molecule has 5 heteroatoms. The first kappa shape index (κ1) is 18.2. The maximum Gasteiger partial charge on any atom is 0.408 e. The minimum atomic E-state index is -0.606. The van der Waals surface area contributed by atoms with Crippen molar-refractivity contribution in [2.24, 2.45) is 0 Å². The number of Topliss-reactive ketones (excluding diaryl/α,β-unsaturated/α-hetero) is 1. The molecule has 0 saturated heterocycles. The van der Waals surface area contributed by atoms with Crippen molar-refractivity contribution in [1.29, 1.82) is 0 Å². The van der Waals surface area contributed by atoms with Gasteiger partial charge in [-0.1, -0.05) is 38.5 Å². The molecular weight excluding hydrogens is 266 g/mol. The number of ketones is 1. The van der Waals surface area contributed by atoms with E-state index in [0.29, 0.717) is 0 Å². The first-order valence-electron chi connectivity index (χ1n) is 6.89. The van der Waals surface area contributed by atoms with E-state index in [1.807, 2.05) is 0 Å². The van der Waals surface area contributed by atoms with Crippen LogP contribution in [0.3, 0.4) is 0 Å². The van der Waals surface area contributed by atoms with Crippen molar-refractivity contribution in [2.75, 3.05) is 12.4 Å². The molecule has 0 spiro atoms. The summed E-state index contributed by atoms with van der Waals surface area (Å²) in [6.07, 6.45) is 8.39. The Hall–Kier alpha value is -0.770. The van der Waals surface area contributed by atoms with Crippen LogP contribution in [0.1, 0.15) is 59.3 Å². The van der Waals surface area contributed by atoms with E-state index in [1.165, 1.54) is 38.5 Å². The number of nitrogens with one attached hydrogen (secondary N) is 1. The van der Waals surface area contributed by atoms with Crippen LogP contribution >= 0.6 is 11.6 Å². The van der Waals surface area contributed by atoms with Crippen LogP contribution in [0.5, 0.6) is 0 Å². The summed E-state index contributed by atoms with van der Waals surface area (Å²) in [6, 6.07) is 0. The highest BCUT2D eigenvalue weighted by Gasteiger charge is 2.16. The molecule has 0 aromatic rings. The Balaban J connectivity index is 0.000000443. The lowest BCUT2D eigenvalue weighted by Gasteiger charge is -2.19. The lowest BCUT2D eigenvalue weighted by molar-refractivity contribution is -0.115. The predicted molar refractivity (Wildman–Crippen MR) is 77.7 cm³/mol. The van der Waals surface area contributed by atoms with Gasteiger partial charge in [0.25, 0.3) is 0 Å². The number of amides is 1. The van der Waals surface area contributed by atoms with Gasteiger partial charge in [0, 0.05) is 0 Å². The molecule has 0 radical (unpaired) electrons. The highest BCUT2D eigenvalue weighted by atomic mass is 35.5. The van der Waals surface area contributed by atoms with E-state index in [2.05, 4.69) is 5.32 Å². The van der Waals surface area contributed by atoms with Gasteiger partial charge in [-0.3, -0.25) is 4.79 Å². The predicted octanol–water partition coefficient (Wildman–Crippen LogP) is 3.66. The van der Waals surface area contributed by atoms with Crippen molar-refractivity contribution in [1.82, 2.24) is 5.32 Å². The molecule has 0 heterocycles. The van der Waals surface area contributed by atoms with Crippen molar-refractivity contribution < 1.29 is 14.3 Å². The second-order valence-electron chi connectivity index (χ2n) is 5.65. The molecule has 1 rings (SSSR count). The summed E-state index contributed by atoms with van der Waals surface area (Å²) in [5.41, 5.74) is -0.548. The van der Waals surface area contributed by atoms with Crippen LogP contribution in [0.25, 0.3) is 0 Å². The molecule has 4 nitrogen and oxygen atoms in total. The van der Waals surface area contributed by atoms with Crippen molar-refractivity contribution in [2.45, 2.75) is 64.9 Å². The molecular formula is C14H26ClNO3. The number of hydrogen-bond acceptors (Lipinski definition) is 3. The van der Waals surface area contributed by atoms with Gasteiger partial charge in [0.15, 0.2) is 5.78 Å².